The first-order chi connectivity index (χ1) is 9.93. The summed E-state index contributed by atoms with van der Waals surface area (Å²) in [6.45, 7) is 1.40. The SMILES string of the molecule is CC(NC(=O)c1cc[nH]c(=O)c1)(C(=O)O)c1ccccc1. The van der Waals surface area contributed by atoms with Crippen LogP contribution in [0.15, 0.2) is 53.5 Å². The lowest BCUT2D eigenvalue weighted by molar-refractivity contribution is -0.144. The highest BCUT2D eigenvalue weighted by Gasteiger charge is 2.37. The number of carboxylic acid groups (broad SMARTS) is 1. The molecule has 0 spiro atoms. The second-order valence-corrected chi connectivity index (χ2v) is 4.69. The Hall–Kier alpha value is -2.89. The minimum Gasteiger partial charge on any atom is -0.479 e. The molecule has 6 heteroatoms. The van der Waals surface area contributed by atoms with Gasteiger partial charge >= 0.3 is 5.97 Å². The Morgan fingerprint density at radius 1 is 1.19 bits per heavy atom. The molecule has 1 aromatic heterocycles. The van der Waals surface area contributed by atoms with Crippen LogP contribution < -0.4 is 10.9 Å². The summed E-state index contributed by atoms with van der Waals surface area (Å²) in [5, 5.41) is 11.9. The van der Waals surface area contributed by atoms with E-state index in [0.717, 1.165) is 6.07 Å². The van der Waals surface area contributed by atoms with Gasteiger partial charge in [0.05, 0.1) is 0 Å². The second-order valence-electron chi connectivity index (χ2n) is 4.69. The van der Waals surface area contributed by atoms with Crippen LogP contribution in [-0.2, 0) is 10.3 Å². The molecule has 21 heavy (non-hydrogen) atoms. The smallest absolute Gasteiger partial charge is 0.333 e. The predicted molar refractivity (Wildman–Crippen MR) is 76.0 cm³/mol. The fourth-order valence-electron chi connectivity index (χ4n) is 1.91. The summed E-state index contributed by atoms with van der Waals surface area (Å²) in [7, 11) is 0. The molecule has 0 aliphatic rings. The number of carbonyl (C=O) groups is 2. The monoisotopic (exact) mass is 286 g/mol. The van der Waals surface area contributed by atoms with Crippen molar-refractivity contribution in [2.45, 2.75) is 12.5 Å². The van der Waals surface area contributed by atoms with Gasteiger partial charge in [0, 0.05) is 17.8 Å². The number of benzene rings is 1. The van der Waals surface area contributed by atoms with Crippen molar-refractivity contribution in [3.8, 4) is 0 Å². The molecule has 2 aromatic rings. The molecule has 1 aromatic carbocycles. The molecule has 0 aliphatic carbocycles. The maximum atomic E-state index is 12.2. The Bertz CT molecular complexity index is 724. The summed E-state index contributed by atoms with van der Waals surface area (Å²) in [6, 6.07) is 10.9. The number of carbonyl (C=O) groups excluding carboxylic acids is 1. The molecule has 108 valence electrons. The average molecular weight is 286 g/mol. The Kier molecular flexibility index (Phi) is 3.89. The van der Waals surface area contributed by atoms with Gasteiger partial charge in [0.1, 0.15) is 0 Å². The number of hydrogen-bond donors (Lipinski definition) is 3. The van der Waals surface area contributed by atoms with E-state index in [2.05, 4.69) is 10.3 Å². The Morgan fingerprint density at radius 2 is 1.86 bits per heavy atom. The summed E-state index contributed by atoms with van der Waals surface area (Å²) in [4.78, 5) is 37.3. The van der Waals surface area contributed by atoms with Gasteiger partial charge in [-0.2, -0.15) is 0 Å². The van der Waals surface area contributed by atoms with Crippen molar-refractivity contribution in [3.05, 3.63) is 70.1 Å². The van der Waals surface area contributed by atoms with E-state index in [9.17, 15) is 19.5 Å². The fraction of sp³-hybridized carbons (Fsp3) is 0.133. The number of rotatable bonds is 4. The normalized spacial score (nSPS) is 13.2. The fourth-order valence-corrected chi connectivity index (χ4v) is 1.91. The minimum atomic E-state index is -1.58. The third-order valence-corrected chi connectivity index (χ3v) is 3.18. The molecule has 6 nitrogen and oxygen atoms in total. The molecule has 0 bridgehead atoms. The number of aliphatic carboxylic acids is 1. The molecular formula is C15H14N2O4. The van der Waals surface area contributed by atoms with Gasteiger partial charge in [-0.25, -0.2) is 4.79 Å². The van der Waals surface area contributed by atoms with Gasteiger partial charge in [-0.1, -0.05) is 30.3 Å². The van der Waals surface area contributed by atoms with Gasteiger partial charge in [-0.15, -0.1) is 0 Å². The van der Waals surface area contributed by atoms with Crippen molar-refractivity contribution < 1.29 is 14.7 Å². The number of amides is 1. The van der Waals surface area contributed by atoms with E-state index in [0.29, 0.717) is 5.56 Å². The van der Waals surface area contributed by atoms with Crippen LogP contribution in [0.1, 0.15) is 22.8 Å². The summed E-state index contributed by atoms with van der Waals surface area (Å²) in [5.74, 6) is -1.82. The number of hydrogen-bond acceptors (Lipinski definition) is 3. The lowest BCUT2D eigenvalue weighted by Crippen LogP contribution is -2.49. The van der Waals surface area contributed by atoms with E-state index in [1.54, 1.807) is 30.3 Å². The largest absolute Gasteiger partial charge is 0.479 e. The molecule has 1 amide bonds. The van der Waals surface area contributed by atoms with Crippen LogP contribution in [0.3, 0.4) is 0 Å². The molecular weight excluding hydrogens is 272 g/mol. The van der Waals surface area contributed by atoms with E-state index < -0.39 is 23.0 Å². The standard InChI is InChI=1S/C15H14N2O4/c1-15(14(20)21,11-5-3-2-4-6-11)17-13(19)10-7-8-16-12(18)9-10/h2-9H,1H3,(H,16,18)(H,17,19)(H,20,21). The van der Waals surface area contributed by atoms with Crippen LogP contribution in [0.25, 0.3) is 0 Å². The molecule has 0 fully saturated rings. The third-order valence-electron chi connectivity index (χ3n) is 3.18. The van der Waals surface area contributed by atoms with Crippen molar-refractivity contribution in [1.82, 2.24) is 10.3 Å². The van der Waals surface area contributed by atoms with Crippen LogP contribution in [0.2, 0.25) is 0 Å². The highest BCUT2D eigenvalue weighted by molar-refractivity contribution is 5.97. The topological polar surface area (TPSA) is 99.3 Å². The highest BCUT2D eigenvalue weighted by Crippen LogP contribution is 2.21. The highest BCUT2D eigenvalue weighted by atomic mass is 16.4. The Morgan fingerprint density at radius 3 is 2.43 bits per heavy atom. The first-order valence-corrected chi connectivity index (χ1v) is 6.23. The van der Waals surface area contributed by atoms with Crippen molar-refractivity contribution in [2.75, 3.05) is 0 Å². The molecule has 1 atom stereocenters. The molecule has 3 N–H and O–H groups in total. The van der Waals surface area contributed by atoms with Crippen molar-refractivity contribution >= 4 is 11.9 Å². The maximum absolute atomic E-state index is 12.2. The quantitative estimate of drug-likeness (QED) is 0.783. The Balaban J connectivity index is 2.35. The van der Waals surface area contributed by atoms with E-state index in [1.165, 1.54) is 19.2 Å². The van der Waals surface area contributed by atoms with Crippen LogP contribution in [-0.4, -0.2) is 22.0 Å². The van der Waals surface area contributed by atoms with Gasteiger partial charge in [0.2, 0.25) is 5.56 Å². The van der Waals surface area contributed by atoms with Gasteiger partial charge < -0.3 is 15.4 Å². The predicted octanol–water partition coefficient (Wildman–Crippen LogP) is 1.10. The van der Waals surface area contributed by atoms with Crippen LogP contribution in [0.4, 0.5) is 0 Å². The maximum Gasteiger partial charge on any atom is 0.333 e. The zero-order chi connectivity index (χ0) is 15.5. The van der Waals surface area contributed by atoms with Gasteiger partial charge in [0.15, 0.2) is 5.54 Å². The molecule has 0 radical (unpaired) electrons. The number of aromatic amines is 1. The van der Waals surface area contributed by atoms with Crippen molar-refractivity contribution in [3.63, 3.8) is 0 Å². The lowest BCUT2D eigenvalue weighted by Gasteiger charge is -2.26. The van der Waals surface area contributed by atoms with Crippen LogP contribution in [0.5, 0.6) is 0 Å². The van der Waals surface area contributed by atoms with Crippen LogP contribution in [0, 0.1) is 0 Å². The zero-order valence-electron chi connectivity index (χ0n) is 11.3. The molecule has 0 saturated heterocycles. The van der Waals surface area contributed by atoms with Gasteiger partial charge in [-0.05, 0) is 18.6 Å². The van der Waals surface area contributed by atoms with Crippen LogP contribution >= 0.6 is 0 Å². The summed E-state index contributed by atoms with van der Waals surface area (Å²) in [6.07, 6.45) is 1.33. The molecule has 2 rings (SSSR count). The average Bonchev–Trinajstić information content (AvgIpc) is 2.47. The van der Waals surface area contributed by atoms with E-state index in [1.807, 2.05) is 0 Å². The summed E-state index contributed by atoms with van der Waals surface area (Å²) < 4.78 is 0. The lowest BCUT2D eigenvalue weighted by atomic mass is 9.91. The second kappa shape index (κ2) is 5.62. The number of H-pyrrole nitrogens is 1. The Labute approximate surface area is 120 Å². The van der Waals surface area contributed by atoms with Gasteiger partial charge in [0.25, 0.3) is 5.91 Å². The van der Waals surface area contributed by atoms with E-state index in [4.69, 9.17) is 0 Å². The number of aromatic nitrogens is 1. The molecule has 0 aliphatic heterocycles. The number of carboxylic acids is 1. The minimum absolute atomic E-state index is 0.0992. The summed E-state index contributed by atoms with van der Waals surface area (Å²) >= 11 is 0. The van der Waals surface area contributed by atoms with Crippen molar-refractivity contribution in [2.24, 2.45) is 0 Å². The molecule has 0 saturated carbocycles. The molecule has 1 heterocycles. The third kappa shape index (κ3) is 3.00. The number of nitrogens with one attached hydrogen (secondary N) is 2. The van der Waals surface area contributed by atoms with Crippen molar-refractivity contribution in [1.29, 1.82) is 0 Å². The first kappa shape index (κ1) is 14.5. The first-order valence-electron chi connectivity index (χ1n) is 6.23. The number of pyridine rings is 1. The van der Waals surface area contributed by atoms with Gasteiger partial charge in [-0.3, -0.25) is 9.59 Å². The summed E-state index contributed by atoms with van der Waals surface area (Å²) in [5.41, 5.74) is -1.47. The van der Waals surface area contributed by atoms with E-state index >= 15 is 0 Å². The van der Waals surface area contributed by atoms with E-state index in [-0.39, 0.29) is 5.56 Å². The zero-order valence-corrected chi connectivity index (χ0v) is 11.3. The molecule has 1 unspecified atom stereocenters.